The Morgan fingerprint density at radius 3 is 2.61 bits per heavy atom. The Bertz CT molecular complexity index is 499. The number of carbonyl (C=O) groups excluding carboxylic acids is 1. The van der Waals surface area contributed by atoms with Gasteiger partial charge >= 0.3 is 143 Å². The van der Waals surface area contributed by atoms with Gasteiger partial charge < -0.3 is 0 Å². The van der Waals surface area contributed by atoms with Crippen molar-refractivity contribution in [2.45, 2.75) is 50.5 Å². The molecular formula is C18H26O4Se. The van der Waals surface area contributed by atoms with Gasteiger partial charge in [-0.25, -0.2) is 0 Å². The molecule has 0 amide bonds. The van der Waals surface area contributed by atoms with E-state index in [1.165, 1.54) is 32.3 Å². The Morgan fingerprint density at radius 2 is 1.96 bits per heavy atom. The van der Waals surface area contributed by atoms with Gasteiger partial charge in [-0.05, 0) is 0 Å². The molecule has 0 fully saturated rings. The van der Waals surface area contributed by atoms with Crippen LogP contribution < -0.4 is 4.46 Å². The van der Waals surface area contributed by atoms with Crippen molar-refractivity contribution in [1.29, 1.82) is 0 Å². The summed E-state index contributed by atoms with van der Waals surface area (Å²) in [6, 6.07) is 9.52. The van der Waals surface area contributed by atoms with E-state index in [1.54, 1.807) is 0 Å². The van der Waals surface area contributed by atoms with Gasteiger partial charge in [0.2, 0.25) is 0 Å². The van der Waals surface area contributed by atoms with Crippen molar-refractivity contribution in [3.8, 4) is 0 Å². The summed E-state index contributed by atoms with van der Waals surface area (Å²) in [6.45, 7) is 2.17. The average Bonchev–Trinajstić information content (AvgIpc) is 2.58. The van der Waals surface area contributed by atoms with Crippen molar-refractivity contribution in [3.63, 3.8) is 0 Å². The van der Waals surface area contributed by atoms with Crippen LogP contribution in [0.3, 0.4) is 0 Å². The summed E-state index contributed by atoms with van der Waals surface area (Å²) in [6.07, 6.45) is 7.89. The number of hydrogen-bond acceptors (Lipinski definition) is 4. The van der Waals surface area contributed by atoms with Crippen LogP contribution in [0.4, 0.5) is 0 Å². The minimum atomic E-state index is -2.13. The molecule has 0 aromatic heterocycles. The first kappa shape index (κ1) is 19.6. The van der Waals surface area contributed by atoms with Gasteiger partial charge in [0.15, 0.2) is 0 Å². The number of methoxy groups -OCH3 is 1. The molecule has 23 heavy (non-hydrogen) atoms. The quantitative estimate of drug-likeness (QED) is 0.193. The first-order chi connectivity index (χ1) is 11.2. The Labute approximate surface area is 143 Å². The number of hydrogen-bond donors (Lipinski definition) is 0. The van der Waals surface area contributed by atoms with Crippen LogP contribution in [0.15, 0.2) is 42.7 Å². The fourth-order valence-corrected chi connectivity index (χ4v) is 4.69. The first-order valence-corrected chi connectivity index (χ1v) is 10.8. The van der Waals surface area contributed by atoms with E-state index in [4.69, 9.17) is 4.74 Å². The molecule has 0 bridgehead atoms. The van der Waals surface area contributed by atoms with Crippen LogP contribution in [0.2, 0.25) is 5.32 Å². The standard InChI is InChI=1S/C18H26O4Se/c1-3-4-5-7-10-16(22-14-13-18(19)21-2)15-23(20)17-11-8-6-9-12-17/h6,8-9,11-14,16H,3-5,7,10,15H2,1-2H3/b14-13+. The summed E-state index contributed by atoms with van der Waals surface area (Å²) in [7, 11) is 1.32. The van der Waals surface area contributed by atoms with Gasteiger partial charge in [0.05, 0.1) is 0 Å². The van der Waals surface area contributed by atoms with Gasteiger partial charge in [-0.2, -0.15) is 0 Å². The van der Waals surface area contributed by atoms with E-state index in [0.29, 0.717) is 5.32 Å². The summed E-state index contributed by atoms with van der Waals surface area (Å²) >= 11 is -2.13. The summed E-state index contributed by atoms with van der Waals surface area (Å²) in [5, 5.41) is 0.516. The molecule has 0 aliphatic heterocycles. The molecule has 5 heteroatoms. The molecule has 0 saturated heterocycles. The minimum absolute atomic E-state index is 0.129. The van der Waals surface area contributed by atoms with E-state index in [0.717, 1.165) is 23.7 Å². The van der Waals surface area contributed by atoms with Crippen molar-refractivity contribution >= 4 is 24.3 Å². The predicted octanol–water partition coefficient (Wildman–Crippen LogP) is 3.36. The molecule has 0 aliphatic carbocycles. The maximum absolute atomic E-state index is 12.5. The molecule has 0 N–H and O–H groups in total. The van der Waals surface area contributed by atoms with E-state index in [2.05, 4.69) is 11.7 Å². The topological polar surface area (TPSA) is 52.6 Å². The van der Waals surface area contributed by atoms with Crippen LogP contribution >= 0.6 is 0 Å². The van der Waals surface area contributed by atoms with Gasteiger partial charge in [0.25, 0.3) is 0 Å². The van der Waals surface area contributed by atoms with Crippen LogP contribution in [0.5, 0.6) is 0 Å². The van der Waals surface area contributed by atoms with E-state index in [1.807, 2.05) is 30.3 Å². The van der Waals surface area contributed by atoms with Crippen LogP contribution in [0.1, 0.15) is 39.0 Å². The van der Waals surface area contributed by atoms with E-state index < -0.39 is 19.8 Å². The van der Waals surface area contributed by atoms with Crippen LogP contribution in [-0.4, -0.2) is 33.0 Å². The van der Waals surface area contributed by atoms with Crippen molar-refractivity contribution in [1.82, 2.24) is 0 Å². The number of ether oxygens (including phenoxy) is 2. The van der Waals surface area contributed by atoms with E-state index >= 15 is 0 Å². The number of esters is 1. The molecule has 0 saturated carbocycles. The number of rotatable bonds is 11. The Hall–Kier alpha value is -1.45. The molecule has 0 radical (unpaired) electrons. The molecule has 1 aromatic rings. The zero-order valence-corrected chi connectivity index (χ0v) is 15.6. The predicted molar refractivity (Wildman–Crippen MR) is 92.1 cm³/mol. The number of unbranched alkanes of at least 4 members (excludes halogenated alkanes) is 3. The third-order valence-corrected chi connectivity index (χ3v) is 6.49. The van der Waals surface area contributed by atoms with Crippen molar-refractivity contribution < 1.29 is 18.1 Å². The summed E-state index contributed by atoms with van der Waals surface area (Å²) in [4.78, 5) is 11.1. The zero-order valence-electron chi connectivity index (χ0n) is 13.9. The normalized spacial score (nSPS) is 13.7. The molecule has 1 rings (SSSR count). The van der Waals surface area contributed by atoms with Gasteiger partial charge in [0.1, 0.15) is 0 Å². The van der Waals surface area contributed by atoms with Crippen molar-refractivity contribution in [2.75, 3.05) is 7.11 Å². The second-order valence-electron chi connectivity index (χ2n) is 5.26. The molecule has 0 aliphatic rings. The number of carbonyl (C=O) groups is 1. The Morgan fingerprint density at radius 1 is 1.22 bits per heavy atom. The molecule has 2 atom stereocenters. The SMILES string of the molecule is CCCCCCC(C[Se](=O)c1ccccc1)O/C=C/C(=O)OC. The Balaban J connectivity index is 2.56. The van der Waals surface area contributed by atoms with Gasteiger partial charge in [-0.1, -0.05) is 0 Å². The summed E-state index contributed by atoms with van der Waals surface area (Å²) in [5.74, 6) is -0.451. The average molecular weight is 385 g/mol. The molecule has 128 valence electrons. The fraction of sp³-hybridized carbons (Fsp3) is 0.500. The fourth-order valence-electron chi connectivity index (χ4n) is 2.10. The molecule has 2 unspecified atom stereocenters. The van der Waals surface area contributed by atoms with E-state index in [9.17, 15) is 8.63 Å². The second kappa shape index (κ2) is 12.0. The monoisotopic (exact) mass is 386 g/mol. The van der Waals surface area contributed by atoms with Gasteiger partial charge in [0, 0.05) is 0 Å². The third-order valence-electron chi connectivity index (χ3n) is 3.40. The molecular weight excluding hydrogens is 359 g/mol. The molecule has 1 aromatic carbocycles. The third kappa shape index (κ3) is 8.67. The first-order valence-electron chi connectivity index (χ1n) is 8.00. The molecule has 0 heterocycles. The van der Waals surface area contributed by atoms with Crippen molar-refractivity contribution in [2.24, 2.45) is 0 Å². The Kier molecular flexibility index (Phi) is 10.3. The zero-order chi connectivity index (χ0) is 16.9. The second-order valence-corrected chi connectivity index (χ2v) is 8.40. The van der Waals surface area contributed by atoms with Crippen LogP contribution in [-0.2, 0) is 18.1 Å². The van der Waals surface area contributed by atoms with Gasteiger partial charge in [-0.3, -0.25) is 0 Å². The van der Waals surface area contributed by atoms with Crippen molar-refractivity contribution in [3.05, 3.63) is 42.7 Å². The molecule has 4 nitrogen and oxygen atoms in total. The molecule has 0 spiro atoms. The summed E-state index contributed by atoms with van der Waals surface area (Å²) in [5.41, 5.74) is 0. The maximum atomic E-state index is 12.5. The van der Waals surface area contributed by atoms with Crippen LogP contribution in [0.25, 0.3) is 0 Å². The van der Waals surface area contributed by atoms with Crippen LogP contribution in [0, 0.1) is 0 Å². The van der Waals surface area contributed by atoms with E-state index in [-0.39, 0.29) is 6.10 Å². The number of benzene rings is 1. The summed E-state index contributed by atoms with van der Waals surface area (Å²) < 4.78 is 23.6. The van der Waals surface area contributed by atoms with Gasteiger partial charge in [-0.15, -0.1) is 0 Å².